The van der Waals surface area contributed by atoms with Gasteiger partial charge in [0.1, 0.15) is 11.5 Å². The Morgan fingerprint density at radius 1 is 1.13 bits per heavy atom. The van der Waals surface area contributed by atoms with E-state index in [0.717, 1.165) is 65.4 Å². The fourth-order valence-corrected chi connectivity index (χ4v) is 7.57. The molecule has 3 aliphatic rings. The van der Waals surface area contributed by atoms with E-state index in [1.807, 2.05) is 18.2 Å². The first-order chi connectivity index (χ1) is 18.4. The number of ether oxygens (including phenoxy) is 1. The lowest BCUT2D eigenvalue weighted by Gasteiger charge is -2.19. The van der Waals surface area contributed by atoms with Gasteiger partial charge in [0.05, 0.1) is 38.5 Å². The maximum atomic E-state index is 11.3. The Morgan fingerprint density at radius 3 is 2.55 bits per heavy atom. The van der Waals surface area contributed by atoms with Gasteiger partial charge in [-0.2, -0.15) is 0 Å². The molecular formula is C28H25Cl2N3O4S. The van der Waals surface area contributed by atoms with E-state index in [1.165, 1.54) is 0 Å². The van der Waals surface area contributed by atoms with Crippen LogP contribution >= 0.6 is 34.5 Å². The Hall–Kier alpha value is -2.65. The Bertz CT molecular complexity index is 1510. The van der Waals surface area contributed by atoms with Crippen molar-refractivity contribution >= 4 is 55.9 Å². The third kappa shape index (κ3) is 4.37. The smallest absolute Gasteiger partial charge is 0.335 e. The zero-order valence-corrected chi connectivity index (χ0v) is 22.7. The van der Waals surface area contributed by atoms with Gasteiger partial charge < -0.3 is 19.3 Å². The van der Waals surface area contributed by atoms with Gasteiger partial charge in [-0.15, -0.1) is 0 Å². The number of hydrogen-bond acceptors (Lipinski definition) is 7. The maximum absolute atomic E-state index is 11.3. The van der Waals surface area contributed by atoms with E-state index >= 15 is 0 Å². The molecule has 196 valence electrons. The molecule has 0 bridgehead atoms. The largest absolute Gasteiger partial charge is 0.478 e. The van der Waals surface area contributed by atoms with Crippen LogP contribution in [-0.2, 0) is 11.3 Å². The van der Waals surface area contributed by atoms with Crippen LogP contribution in [0, 0.1) is 11.8 Å². The van der Waals surface area contributed by atoms with Crippen LogP contribution in [0.3, 0.4) is 0 Å². The van der Waals surface area contributed by atoms with Gasteiger partial charge in [0.15, 0.2) is 5.13 Å². The number of anilines is 1. The van der Waals surface area contributed by atoms with E-state index in [1.54, 1.807) is 29.5 Å². The molecular weight excluding hydrogens is 545 g/mol. The van der Waals surface area contributed by atoms with Crippen LogP contribution in [0.5, 0.6) is 0 Å². The van der Waals surface area contributed by atoms with E-state index < -0.39 is 5.97 Å². The lowest BCUT2D eigenvalue weighted by molar-refractivity contribution is 0.0403. The standard InChI is InChI=1S/C28H25Cl2N3O4S/c29-20-2-1-3-21(30)24(20)25-19(26(37-32-25)14-4-5-14)13-36-18-8-16-11-33(12-17(16)9-18)28-31-22-7-6-15(27(34)35)10-23(22)38-28/h1-3,6-7,10,14,16-18H,4-5,8-9,11-13H2,(H,34,35)/t16-,17+,18+. The molecule has 10 heteroatoms. The summed E-state index contributed by atoms with van der Waals surface area (Å²) >= 11 is 14.6. The Morgan fingerprint density at radius 2 is 1.87 bits per heavy atom. The molecule has 4 aromatic rings. The molecule has 2 saturated carbocycles. The molecule has 3 fully saturated rings. The zero-order valence-electron chi connectivity index (χ0n) is 20.4. The Balaban J connectivity index is 1.03. The van der Waals surface area contributed by atoms with Gasteiger partial charge in [0.2, 0.25) is 0 Å². The highest BCUT2D eigenvalue weighted by Gasteiger charge is 2.42. The van der Waals surface area contributed by atoms with Gasteiger partial charge in [-0.05, 0) is 67.9 Å². The first-order valence-corrected chi connectivity index (χ1v) is 14.4. The fourth-order valence-electron chi connectivity index (χ4n) is 5.97. The minimum atomic E-state index is -0.916. The van der Waals surface area contributed by atoms with Crippen LogP contribution in [0.25, 0.3) is 21.5 Å². The third-order valence-electron chi connectivity index (χ3n) is 8.03. The second-order valence-electron chi connectivity index (χ2n) is 10.6. The second kappa shape index (κ2) is 9.52. The van der Waals surface area contributed by atoms with Crippen LogP contribution in [0.2, 0.25) is 10.0 Å². The third-order valence-corrected chi connectivity index (χ3v) is 9.74. The lowest BCUT2D eigenvalue weighted by Crippen LogP contribution is -2.23. The first-order valence-electron chi connectivity index (χ1n) is 12.9. The van der Waals surface area contributed by atoms with Crippen LogP contribution in [0.1, 0.15) is 53.3 Å². The number of rotatable bonds is 7. The number of carboxylic acids is 1. The normalized spacial score (nSPS) is 22.9. The summed E-state index contributed by atoms with van der Waals surface area (Å²) in [4.78, 5) is 18.4. The summed E-state index contributed by atoms with van der Waals surface area (Å²) in [6, 6.07) is 10.6. The molecule has 1 saturated heterocycles. The van der Waals surface area contributed by atoms with Crippen molar-refractivity contribution in [3.63, 3.8) is 0 Å². The highest BCUT2D eigenvalue weighted by Crippen LogP contribution is 2.47. The SMILES string of the molecule is O=C(O)c1ccc2nc(N3C[C@H]4C[C@H](OCc5c(-c6c(Cl)cccc6Cl)noc5C5CC5)C[C@H]4C3)sc2c1. The number of benzene rings is 2. The van der Waals surface area contributed by atoms with E-state index in [2.05, 4.69) is 10.1 Å². The highest BCUT2D eigenvalue weighted by atomic mass is 35.5. The van der Waals surface area contributed by atoms with Crippen molar-refractivity contribution in [2.45, 2.75) is 44.3 Å². The van der Waals surface area contributed by atoms with Gasteiger partial charge >= 0.3 is 5.97 Å². The van der Waals surface area contributed by atoms with Crippen LogP contribution in [0.4, 0.5) is 5.13 Å². The van der Waals surface area contributed by atoms with Crippen LogP contribution in [0.15, 0.2) is 40.9 Å². The van der Waals surface area contributed by atoms with Crippen molar-refractivity contribution in [2.24, 2.45) is 11.8 Å². The lowest BCUT2D eigenvalue weighted by atomic mass is 10.0. The first kappa shape index (κ1) is 24.4. The molecule has 0 spiro atoms. The maximum Gasteiger partial charge on any atom is 0.335 e. The molecule has 7 nitrogen and oxygen atoms in total. The van der Waals surface area contributed by atoms with Crippen LogP contribution < -0.4 is 4.90 Å². The predicted molar refractivity (Wildman–Crippen MR) is 148 cm³/mol. The van der Waals surface area contributed by atoms with Crippen molar-refractivity contribution < 1.29 is 19.2 Å². The van der Waals surface area contributed by atoms with E-state index in [9.17, 15) is 9.90 Å². The summed E-state index contributed by atoms with van der Waals surface area (Å²) in [7, 11) is 0. The topological polar surface area (TPSA) is 88.7 Å². The summed E-state index contributed by atoms with van der Waals surface area (Å²) in [6.45, 7) is 2.32. The quantitative estimate of drug-likeness (QED) is 0.250. The van der Waals surface area contributed by atoms with Gasteiger partial charge in [0.25, 0.3) is 0 Å². The van der Waals surface area contributed by atoms with Crippen molar-refractivity contribution in [1.29, 1.82) is 0 Å². The van der Waals surface area contributed by atoms with Gasteiger partial charge in [-0.25, -0.2) is 9.78 Å². The molecule has 38 heavy (non-hydrogen) atoms. The number of nitrogens with zero attached hydrogens (tertiary/aromatic N) is 3. The number of thiazole rings is 1. The number of carbonyl (C=O) groups is 1. The van der Waals surface area contributed by atoms with Crippen molar-refractivity contribution in [3.05, 3.63) is 63.3 Å². The molecule has 2 aromatic carbocycles. The second-order valence-corrected chi connectivity index (χ2v) is 12.4. The zero-order chi connectivity index (χ0) is 26.0. The molecule has 3 atom stereocenters. The van der Waals surface area contributed by atoms with Gasteiger partial charge in [-0.3, -0.25) is 0 Å². The fraction of sp³-hybridized carbons (Fsp3) is 0.393. The average molecular weight is 570 g/mol. The molecule has 0 radical (unpaired) electrons. The molecule has 3 heterocycles. The summed E-state index contributed by atoms with van der Waals surface area (Å²) in [5.74, 6) is 1.48. The molecule has 2 aliphatic carbocycles. The molecule has 2 aromatic heterocycles. The van der Waals surface area contributed by atoms with Crippen molar-refractivity contribution in [2.75, 3.05) is 18.0 Å². The van der Waals surface area contributed by atoms with Gasteiger partial charge in [-0.1, -0.05) is 45.8 Å². The summed E-state index contributed by atoms with van der Waals surface area (Å²) in [6.07, 6.45) is 4.38. The molecule has 0 amide bonds. The Kier molecular flexibility index (Phi) is 6.11. The summed E-state index contributed by atoms with van der Waals surface area (Å²) < 4.78 is 13.2. The Labute approximate surface area is 233 Å². The summed E-state index contributed by atoms with van der Waals surface area (Å²) in [5, 5.41) is 15.7. The number of carboxylic acid groups (broad SMARTS) is 1. The molecule has 1 aliphatic heterocycles. The van der Waals surface area contributed by atoms with E-state index in [4.69, 9.17) is 37.4 Å². The molecule has 7 rings (SSSR count). The number of halogens is 2. The number of aromatic carboxylic acids is 1. The highest BCUT2D eigenvalue weighted by molar-refractivity contribution is 7.22. The predicted octanol–water partition coefficient (Wildman–Crippen LogP) is 7.27. The minimum absolute atomic E-state index is 0.178. The van der Waals surface area contributed by atoms with Gasteiger partial charge in [0, 0.05) is 30.1 Å². The number of hydrogen-bond donors (Lipinski definition) is 1. The van der Waals surface area contributed by atoms with Crippen LogP contribution in [-0.4, -0.2) is 40.4 Å². The molecule has 0 unspecified atom stereocenters. The monoisotopic (exact) mass is 569 g/mol. The minimum Gasteiger partial charge on any atom is -0.478 e. The van der Waals surface area contributed by atoms with E-state index in [-0.39, 0.29) is 6.10 Å². The van der Waals surface area contributed by atoms with Crippen molar-refractivity contribution in [3.8, 4) is 11.3 Å². The number of aromatic nitrogens is 2. The number of fused-ring (bicyclic) bond motifs is 2. The van der Waals surface area contributed by atoms with Crippen molar-refractivity contribution in [1.82, 2.24) is 10.1 Å². The van der Waals surface area contributed by atoms with E-state index in [0.29, 0.717) is 51.2 Å². The average Bonchev–Trinajstić information content (AvgIpc) is 3.19. The summed E-state index contributed by atoms with van der Waals surface area (Å²) in [5.41, 5.74) is 3.51. The molecule has 1 N–H and O–H groups in total.